The molecule has 0 fully saturated rings. The summed E-state index contributed by atoms with van der Waals surface area (Å²) in [6, 6.07) is 12.1. The number of nitrogens with zero attached hydrogens (tertiary/aromatic N) is 3. The van der Waals surface area contributed by atoms with Crippen molar-refractivity contribution in [1.82, 2.24) is 14.5 Å². The lowest BCUT2D eigenvalue weighted by Gasteiger charge is -2.09. The summed E-state index contributed by atoms with van der Waals surface area (Å²) in [5.41, 5.74) is 4.17. The van der Waals surface area contributed by atoms with E-state index in [1.807, 2.05) is 44.3 Å². The van der Waals surface area contributed by atoms with Crippen LogP contribution >= 0.6 is 15.9 Å². The first-order chi connectivity index (χ1) is 9.65. The molecule has 0 amide bonds. The zero-order valence-corrected chi connectivity index (χ0v) is 13.0. The highest BCUT2D eigenvalue weighted by Crippen LogP contribution is 2.18. The predicted molar refractivity (Wildman–Crippen MR) is 84.7 cm³/mol. The van der Waals surface area contributed by atoms with Gasteiger partial charge in [-0.3, -0.25) is 0 Å². The van der Waals surface area contributed by atoms with Gasteiger partial charge in [0.25, 0.3) is 0 Å². The van der Waals surface area contributed by atoms with E-state index in [0.29, 0.717) is 6.54 Å². The van der Waals surface area contributed by atoms with Gasteiger partial charge in [-0.1, -0.05) is 12.1 Å². The van der Waals surface area contributed by atoms with Gasteiger partial charge in [-0.25, -0.2) is 9.97 Å². The first kappa shape index (κ1) is 13.1. The number of aromatic nitrogens is 3. The Morgan fingerprint density at radius 1 is 1.15 bits per heavy atom. The molecule has 1 N–H and O–H groups in total. The van der Waals surface area contributed by atoms with Gasteiger partial charge in [-0.15, -0.1) is 0 Å². The number of hydrogen-bond donors (Lipinski definition) is 1. The predicted octanol–water partition coefficient (Wildman–Crippen LogP) is 3.65. The molecule has 0 radical (unpaired) electrons. The van der Waals surface area contributed by atoms with E-state index >= 15 is 0 Å². The molecule has 0 saturated heterocycles. The summed E-state index contributed by atoms with van der Waals surface area (Å²) in [6.45, 7) is 2.66. The third-order valence-corrected chi connectivity index (χ3v) is 3.81. The van der Waals surface area contributed by atoms with Crippen LogP contribution in [0.2, 0.25) is 0 Å². The summed E-state index contributed by atoms with van der Waals surface area (Å²) in [6.07, 6.45) is 0. The minimum Gasteiger partial charge on any atom is -0.376 e. The minimum absolute atomic E-state index is 0.676. The summed E-state index contributed by atoms with van der Waals surface area (Å²) in [5.74, 6) is 1.01. The van der Waals surface area contributed by atoms with Gasteiger partial charge in [0.1, 0.15) is 10.4 Å². The van der Waals surface area contributed by atoms with E-state index in [0.717, 1.165) is 32.8 Å². The van der Waals surface area contributed by atoms with E-state index in [1.165, 1.54) is 0 Å². The van der Waals surface area contributed by atoms with Crippen molar-refractivity contribution in [3.05, 3.63) is 52.5 Å². The lowest BCUT2D eigenvalue weighted by molar-refractivity contribution is 0.833. The van der Waals surface area contributed by atoms with Crippen molar-refractivity contribution in [3.8, 4) is 0 Å². The number of fused-ring (bicyclic) bond motifs is 1. The Bertz CT molecular complexity index is 764. The molecular weight excluding hydrogens is 316 g/mol. The third kappa shape index (κ3) is 2.41. The molecule has 20 heavy (non-hydrogen) atoms. The lowest BCUT2D eigenvalue weighted by atomic mass is 10.3. The summed E-state index contributed by atoms with van der Waals surface area (Å²) in [7, 11) is 2.04. The molecule has 102 valence electrons. The molecule has 2 aromatic heterocycles. The van der Waals surface area contributed by atoms with Crippen molar-refractivity contribution in [1.29, 1.82) is 0 Å². The highest BCUT2D eigenvalue weighted by Gasteiger charge is 2.07. The van der Waals surface area contributed by atoms with Crippen molar-refractivity contribution in [2.24, 2.45) is 7.05 Å². The summed E-state index contributed by atoms with van der Waals surface area (Å²) in [4.78, 5) is 9.02. The van der Waals surface area contributed by atoms with Crippen molar-refractivity contribution >= 4 is 32.7 Å². The molecule has 3 rings (SSSR count). The van der Waals surface area contributed by atoms with Gasteiger partial charge in [0.15, 0.2) is 0 Å². The first-order valence-electron chi connectivity index (χ1n) is 6.42. The Morgan fingerprint density at radius 2 is 1.95 bits per heavy atom. The van der Waals surface area contributed by atoms with E-state index in [-0.39, 0.29) is 0 Å². The second-order valence-electron chi connectivity index (χ2n) is 4.70. The third-order valence-electron chi connectivity index (χ3n) is 3.37. The number of anilines is 1. The second-order valence-corrected chi connectivity index (χ2v) is 5.51. The second kappa shape index (κ2) is 5.25. The number of pyridine rings is 1. The highest BCUT2D eigenvalue weighted by molar-refractivity contribution is 9.10. The Labute approximate surface area is 126 Å². The van der Waals surface area contributed by atoms with Gasteiger partial charge in [0.2, 0.25) is 0 Å². The van der Waals surface area contributed by atoms with E-state index in [9.17, 15) is 0 Å². The zero-order chi connectivity index (χ0) is 14.1. The molecule has 0 unspecified atom stereocenters. The smallest absolute Gasteiger partial charge is 0.128 e. The van der Waals surface area contributed by atoms with E-state index in [2.05, 4.69) is 41.8 Å². The molecule has 0 aliphatic carbocycles. The van der Waals surface area contributed by atoms with Crippen LogP contribution in [0.5, 0.6) is 0 Å². The molecule has 0 bridgehead atoms. The Morgan fingerprint density at radius 3 is 2.70 bits per heavy atom. The van der Waals surface area contributed by atoms with Gasteiger partial charge in [0.05, 0.1) is 29.0 Å². The molecule has 3 aromatic rings. The first-order valence-corrected chi connectivity index (χ1v) is 7.22. The summed E-state index contributed by atoms with van der Waals surface area (Å²) in [5, 5.41) is 3.39. The van der Waals surface area contributed by atoms with Crippen molar-refractivity contribution in [3.63, 3.8) is 0 Å². The topological polar surface area (TPSA) is 42.7 Å². The van der Waals surface area contributed by atoms with Crippen molar-refractivity contribution in [2.75, 3.05) is 5.32 Å². The van der Waals surface area contributed by atoms with Gasteiger partial charge < -0.3 is 9.88 Å². The van der Waals surface area contributed by atoms with E-state index < -0.39 is 0 Å². The zero-order valence-electron chi connectivity index (χ0n) is 11.4. The Balaban J connectivity index is 1.85. The molecule has 0 saturated carbocycles. The van der Waals surface area contributed by atoms with Crippen LogP contribution in [-0.2, 0) is 13.6 Å². The van der Waals surface area contributed by atoms with Crippen LogP contribution in [0.15, 0.2) is 41.0 Å². The number of imidazole rings is 1. The normalized spacial score (nSPS) is 10.9. The molecular formula is C15H15BrN4. The van der Waals surface area contributed by atoms with Crippen molar-refractivity contribution < 1.29 is 0 Å². The Hall–Kier alpha value is -1.88. The number of rotatable bonds is 3. The van der Waals surface area contributed by atoms with Gasteiger partial charge in [-0.2, -0.15) is 0 Å². The molecule has 1 aromatic carbocycles. The van der Waals surface area contributed by atoms with Crippen molar-refractivity contribution in [2.45, 2.75) is 13.5 Å². The molecule has 0 atom stereocenters. The monoisotopic (exact) mass is 330 g/mol. The van der Waals surface area contributed by atoms with Crippen LogP contribution in [-0.4, -0.2) is 14.5 Å². The van der Waals surface area contributed by atoms with E-state index in [1.54, 1.807) is 0 Å². The number of halogens is 1. The Kier molecular flexibility index (Phi) is 3.44. The van der Waals surface area contributed by atoms with Gasteiger partial charge in [0, 0.05) is 7.05 Å². The molecule has 2 heterocycles. The number of hydrogen-bond acceptors (Lipinski definition) is 3. The lowest BCUT2D eigenvalue weighted by Crippen LogP contribution is -2.07. The molecule has 0 aliphatic heterocycles. The van der Waals surface area contributed by atoms with Crippen LogP contribution < -0.4 is 5.32 Å². The van der Waals surface area contributed by atoms with Crippen LogP contribution in [0.4, 0.5) is 5.69 Å². The number of para-hydroxylation sites is 2. The fourth-order valence-corrected chi connectivity index (χ4v) is 2.64. The molecule has 0 spiro atoms. The van der Waals surface area contributed by atoms with E-state index in [4.69, 9.17) is 0 Å². The fourth-order valence-electron chi connectivity index (χ4n) is 2.25. The standard InChI is InChI=1S/C15H15BrN4/c1-10-11(7-8-14(16)18-10)17-9-15-19-12-5-3-4-6-13(12)20(15)2/h3-8,17H,9H2,1-2H3. The maximum absolute atomic E-state index is 4.65. The minimum atomic E-state index is 0.676. The van der Waals surface area contributed by atoms with Crippen LogP contribution in [0.3, 0.4) is 0 Å². The maximum atomic E-state index is 4.65. The average Bonchev–Trinajstić information content (AvgIpc) is 2.75. The molecule has 5 heteroatoms. The fraction of sp³-hybridized carbons (Fsp3) is 0.200. The summed E-state index contributed by atoms with van der Waals surface area (Å²) >= 11 is 3.37. The van der Waals surface area contributed by atoms with Crippen LogP contribution in [0.1, 0.15) is 11.5 Å². The largest absolute Gasteiger partial charge is 0.376 e. The number of benzene rings is 1. The number of aryl methyl sites for hydroxylation is 2. The highest BCUT2D eigenvalue weighted by atomic mass is 79.9. The van der Waals surface area contributed by atoms with Crippen LogP contribution in [0, 0.1) is 6.92 Å². The number of nitrogens with one attached hydrogen (secondary N) is 1. The molecule has 0 aliphatic rings. The van der Waals surface area contributed by atoms with Gasteiger partial charge >= 0.3 is 0 Å². The average molecular weight is 331 g/mol. The van der Waals surface area contributed by atoms with Crippen LogP contribution in [0.25, 0.3) is 11.0 Å². The van der Waals surface area contributed by atoms with Gasteiger partial charge in [-0.05, 0) is 47.1 Å². The quantitative estimate of drug-likeness (QED) is 0.745. The molecule has 4 nitrogen and oxygen atoms in total. The maximum Gasteiger partial charge on any atom is 0.128 e. The SMILES string of the molecule is Cc1nc(Br)ccc1NCc1nc2ccccc2n1C. The summed E-state index contributed by atoms with van der Waals surface area (Å²) < 4.78 is 2.97.